The van der Waals surface area contributed by atoms with Crippen molar-refractivity contribution in [2.24, 2.45) is 0 Å². The Morgan fingerprint density at radius 2 is 1.75 bits per heavy atom. The summed E-state index contributed by atoms with van der Waals surface area (Å²) >= 11 is 5.24. The van der Waals surface area contributed by atoms with Gasteiger partial charge in [-0.2, -0.15) is 4.98 Å². The van der Waals surface area contributed by atoms with E-state index >= 15 is 0 Å². The van der Waals surface area contributed by atoms with Gasteiger partial charge in [-0.05, 0) is 136 Å². The molecule has 0 radical (unpaired) electrons. The Morgan fingerprint density at radius 3 is 2.45 bits per heavy atom. The van der Waals surface area contributed by atoms with Gasteiger partial charge in [0.05, 0.1) is 56.8 Å². The first kappa shape index (κ1) is 38.8. The fourth-order valence-corrected chi connectivity index (χ4v) is 10.0. The van der Waals surface area contributed by atoms with Gasteiger partial charge in [-0.25, -0.2) is 9.78 Å². The number of piperidine rings is 1. The van der Waals surface area contributed by atoms with Gasteiger partial charge in [-0.1, -0.05) is 49.2 Å². The molecule has 1 amide bonds. The molecule has 4 heterocycles. The van der Waals surface area contributed by atoms with Crippen molar-refractivity contribution in [1.82, 2.24) is 29.2 Å². The third-order valence-corrected chi connectivity index (χ3v) is 13.0. The van der Waals surface area contributed by atoms with E-state index in [1.54, 1.807) is 11.3 Å². The number of halogens is 1. The predicted octanol–water partition coefficient (Wildman–Crippen LogP) is 9.96. The van der Waals surface area contributed by atoms with Crippen molar-refractivity contribution in [3.63, 3.8) is 0 Å². The number of imidazole rings is 1. The van der Waals surface area contributed by atoms with Gasteiger partial charge in [0.1, 0.15) is 5.60 Å². The van der Waals surface area contributed by atoms with Crippen LogP contribution >= 0.6 is 27.3 Å². The molecule has 0 bridgehead atoms. The number of hydrogen-bond donors (Lipinski definition) is 1. The lowest BCUT2D eigenvalue weighted by atomic mass is 9.89. The zero-order valence-electron chi connectivity index (χ0n) is 32.9. The average molecular weight is 840 g/mol. The zero-order chi connectivity index (χ0) is 39.1. The van der Waals surface area contributed by atoms with Crippen molar-refractivity contribution >= 4 is 61.1 Å². The number of likely N-dealkylation sites (tertiary alicyclic amines) is 1. The minimum absolute atomic E-state index is 0.0302. The number of aromatic nitrogens is 4. The Hall–Kier alpha value is -4.10. The van der Waals surface area contributed by atoms with E-state index in [0.29, 0.717) is 24.0 Å². The first-order valence-electron chi connectivity index (χ1n) is 19.9. The van der Waals surface area contributed by atoms with Crippen LogP contribution in [-0.2, 0) is 9.47 Å². The highest BCUT2D eigenvalue weighted by molar-refractivity contribution is 9.10. The maximum Gasteiger partial charge on any atom is 0.408 e. The molecule has 0 unspecified atom stereocenters. The second-order valence-electron chi connectivity index (χ2n) is 16.5. The summed E-state index contributed by atoms with van der Waals surface area (Å²) in [7, 11) is 0. The normalized spacial score (nSPS) is 17.2. The summed E-state index contributed by atoms with van der Waals surface area (Å²) in [5.74, 6) is 1.19. The molecule has 56 heavy (non-hydrogen) atoms. The molecule has 2 fully saturated rings. The molecule has 0 spiro atoms. The molecule has 12 heteroatoms. The lowest BCUT2D eigenvalue weighted by molar-refractivity contribution is 0.0136. The highest BCUT2D eigenvalue weighted by atomic mass is 79.9. The smallest absolute Gasteiger partial charge is 0.408 e. The van der Waals surface area contributed by atoms with E-state index in [9.17, 15) is 9.59 Å². The fourth-order valence-electron chi connectivity index (χ4n) is 8.66. The molecule has 3 aromatic carbocycles. The zero-order valence-corrected chi connectivity index (χ0v) is 35.3. The third-order valence-electron chi connectivity index (χ3n) is 11.4. The highest BCUT2D eigenvalue weighted by Crippen LogP contribution is 2.38. The SMILES string of the molecule is Cc1ncsc1-c1ccc([C@H](CO[C@H](C)CN2CCC(c3ccc4c(c3)n(C3CCCC3)c3nc(=O)c5c(Br)cccc5n43)CC2)NC(=O)OC(C)(C)C)cc1. The van der Waals surface area contributed by atoms with Crippen molar-refractivity contribution < 1.29 is 14.3 Å². The monoisotopic (exact) mass is 838 g/mol. The van der Waals surface area contributed by atoms with Gasteiger partial charge in [0.25, 0.3) is 5.56 Å². The van der Waals surface area contributed by atoms with Crippen molar-refractivity contribution in [2.45, 2.75) is 103 Å². The number of carbonyl (C=O) groups excluding carboxylic acids is 1. The standard InChI is InChI=1S/C44H51BrN6O4S/c1-27(54-25-35(47-43(53)55-44(3,4)5)30-13-15-31(16-14-30)40-28(2)46-26-56-40)24-49-21-19-29(20-22-49)32-17-18-36-38(23-32)50(33-9-6-7-10-33)42-48-41(52)39-34(45)11-8-12-37(39)51(36)42/h8,11-18,23,26-27,29,33,35H,6-7,9-10,19-22,24-25H2,1-5H3,(H,47,53)/t27-,35+/m1/s1. The lowest BCUT2D eigenvalue weighted by Crippen LogP contribution is -2.40. The number of hydrogen-bond acceptors (Lipinski definition) is 8. The van der Waals surface area contributed by atoms with Crippen molar-refractivity contribution in [1.29, 1.82) is 0 Å². The topological polar surface area (TPSA) is 103 Å². The van der Waals surface area contributed by atoms with Gasteiger partial charge >= 0.3 is 6.09 Å². The van der Waals surface area contributed by atoms with Crippen LogP contribution in [0.15, 0.2) is 75.4 Å². The number of amides is 1. The minimum atomic E-state index is -0.604. The molecule has 294 valence electrons. The molecule has 1 aliphatic heterocycles. The molecule has 3 aromatic heterocycles. The van der Waals surface area contributed by atoms with Crippen LogP contribution in [0.4, 0.5) is 4.79 Å². The van der Waals surface area contributed by atoms with Gasteiger partial charge in [-0.3, -0.25) is 9.20 Å². The van der Waals surface area contributed by atoms with Crippen LogP contribution in [0, 0.1) is 6.92 Å². The van der Waals surface area contributed by atoms with Gasteiger partial charge in [0.15, 0.2) is 0 Å². The average Bonchev–Trinajstić information content (AvgIpc) is 3.92. The minimum Gasteiger partial charge on any atom is -0.444 e. The van der Waals surface area contributed by atoms with Crippen LogP contribution in [0.25, 0.3) is 38.2 Å². The highest BCUT2D eigenvalue weighted by Gasteiger charge is 2.28. The molecule has 1 saturated carbocycles. The Balaban J connectivity index is 0.948. The van der Waals surface area contributed by atoms with Crippen LogP contribution in [0.3, 0.4) is 0 Å². The maximum atomic E-state index is 13.4. The number of aryl methyl sites for hydroxylation is 1. The molecule has 6 aromatic rings. The first-order chi connectivity index (χ1) is 26.9. The number of thiazole rings is 1. The van der Waals surface area contributed by atoms with Crippen LogP contribution in [0.1, 0.15) is 101 Å². The molecular formula is C44H51BrN6O4S. The summed E-state index contributed by atoms with van der Waals surface area (Å²) < 4.78 is 17.4. The van der Waals surface area contributed by atoms with E-state index in [1.165, 1.54) is 23.9 Å². The Morgan fingerprint density at radius 1 is 1.00 bits per heavy atom. The van der Waals surface area contributed by atoms with Gasteiger partial charge in [-0.15, -0.1) is 11.3 Å². The number of alkyl carbamates (subject to hydrolysis) is 1. The largest absolute Gasteiger partial charge is 0.444 e. The van der Waals surface area contributed by atoms with E-state index < -0.39 is 11.7 Å². The van der Waals surface area contributed by atoms with E-state index in [0.717, 1.165) is 88.3 Å². The third kappa shape index (κ3) is 8.03. The van der Waals surface area contributed by atoms with Crippen LogP contribution in [0.2, 0.25) is 0 Å². The molecule has 2 atom stereocenters. The number of rotatable bonds is 10. The molecule has 1 N–H and O–H groups in total. The van der Waals surface area contributed by atoms with Crippen LogP contribution in [0.5, 0.6) is 0 Å². The Labute approximate surface area is 340 Å². The van der Waals surface area contributed by atoms with Gasteiger partial charge in [0.2, 0.25) is 5.78 Å². The van der Waals surface area contributed by atoms with Gasteiger partial charge < -0.3 is 24.3 Å². The second kappa shape index (κ2) is 16.0. The second-order valence-corrected chi connectivity index (χ2v) is 18.3. The number of nitrogens with one attached hydrogen (secondary N) is 1. The molecule has 8 rings (SSSR count). The van der Waals surface area contributed by atoms with E-state index in [-0.39, 0.29) is 17.7 Å². The van der Waals surface area contributed by atoms with Gasteiger partial charge in [0, 0.05) is 17.1 Å². The summed E-state index contributed by atoms with van der Waals surface area (Å²) in [4.78, 5) is 39.0. The molecule has 1 saturated heterocycles. The number of carbonyl (C=O) groups is 1. The molecule has 10 nitrogen and oxygen atoms in total. The summed E-state index contributed by atoms with van der Waals surface area (Å²) in [6.07, 6.45) is 6.22. The summed E-state index contributed by atoms with van der Waals surface area (Å²) in [5, 5.41) is 3.68. The first-order valence-corrected chi connectivity index (χ1v) is 21.6. The number of ether oxygens (including phenoxy) is 2. The van der Waals surface area contributed by atoms with Crippen LogP contribution in [-0.4, -0.2) is 67.9 Å². The van der Waals surface area contributed by atoms with Crippen LogP contribution < -0.4 is 10.9 Å². The quantitative estimate of drug-likeness (QED) is 0.147. The summed E-state index contributed by atoms with van der Waals surface area (Å²) in [5.41, 5.74) is 8.65. The van der Waals surface area contributed by atoms with Crippen molar-refractivity contribution in [3.8, 4) is 10.4 Å². The predicted molar refractivity (Wildman–Crippen MR) is 228 cm³/mol. The Kier molecular flexibility index (Phi) is 11.1. The van der Waals surface area contributed by atoms with Crippen molar-refractivity contribution in [3.05, 3.63) is 97.8 Å². The summed E-state index contributed by atoms with van der Waals surface area (Å²) in [6.45, 7) is 12.8. The van der Waals surface area contributed by atoms with E-state index in [1.807, 2.05) is 51.4 Å². The number of benzene rings is 3. The number of fused-ring (bicyclic) bond motifs is 5. The summed E-state index contributed by atoms with van der Waals surface area (Å²) in [6, 6.07) is 21.1. The van der Waals surface area contributed by atoms with Crippen molar-refractivity contribution in [2.75, 3.05) is 26.2 Å². The maximum absolute atomic E-state index is 13.4. The lowest BCUT2D eigenvalue weighted by Gasteiger charge is -2.34. The Bertz CT molecular complexity index is 2420. The van der Waals surface area contributed by atoms with E-state index in [2.05, 4.69) is 89.5 Å². The molecule has 2 aliphatic rings. The molecule has 1 aliphatic carbocycles. The number of nitrogens with zero attached hydrogens (tertiary/aromatic N) is 5. The van der Waals surface area contributed by atoms with E-state index in [4.69, 9.17) is 14.5 Å². The molecular weight excluding hydrogens is 788 g/mol. The fraction of sp³-hybridized carbons (Fsp3) is 0.455.